The summed E-state index contributed by atoms with van der Waals surface area (Å²) in [5, 5.41) is 1.88. The quantitative estimate of drug-likeness (QED) is 0.484. The van der Waals surface area contributed by atoms with Gasteiger partial charge in [-0.1, -0.05) is 35.9 Å². The van der Waals surface area contributed by atoms with Crippen molar-refractivity contribution in [3.05, 3.63) is 12.7 Å². The van der Waals surface area contributed by atoms with E-state index in [0.717, 1.165) is 22.9 Å². The summed E-state index contributed by atoms with van der Waals surface area (Å²) in [6, 6.07) is 0. The first-order valence-corrected chi connectivity index (χ1v) is 6.66. The summed E-state index contributed by atoms with van der Waals surface area (Å²) in [5.74, 6) is 2.07. The summed E-state index contributed by atoms with van der Waals surface area (Å²) in [6.07, 6.45) is 4.47. The van der Waals surface area contributed by atoms with Gasteiger partial charge in [-0.3, -0.25) is 0 Å². The molecule has 0 saturated carbocycles. The Bertz CT molecular complexity index is 112. The molecule has 0 aromatic heterocycles. The van der Waals surface area contributed by atoms with Gasteiger partial charge in [0.2, 0.25) is 0 Å². The highest BCUT2D eigenvalue weighted by molar-refractivity contribution is 9.09. The second kappa shape index (κ2) is 8.18. The molecule has 0 N–H and O–H groups in total. The lowest BCUT2D eigenvalue weighted by Gasteiger charge is -2.11. The SMILES string of the molecule is C=CCC(CBr)CCSC(C)C. The maximum absolute atomic E-state index is 3.76. The lowest BCUT2D eigenvalue weighted by atomic mass is 10.1. The number of alkyl halides is 1. The van der Waals surface area contributed by atoms with Gasteiger partial charge in [-0.15, -0.1) is 6.58 Å². The molecule has 0 aliphatic rings. The second-order valence-corrected chi connectivity index (χ2v) is 5.58. The molecule has 72 valence electrons. The number of thioether (sulfide) groups is 1. The zero-order valence-electron chi connectivity index (χ0n) is 8.05. The molecule has 2 heteroatoms. The number of hydrogen-bond acceptors (Lipinski definition) is 1. The molecule has 0 aromatic rings. The molecule has 0 heterocycles. The molecule has 0 amide bonds. The molecular weight excluding hydrogens is 232 g/mol. The molecule has 0 nitrogen and oxygen atoms in total. The van der Waals surface area contributed by atoms with Crippen LogP contribution in [0.25, 0.3) is 0 Å². The highest BCUT2D eigenvalue weighted by Gasteiger charge is 2.04. The van der Waals surface area contributed by atoms with Crippen LogP contribution in [0.2, 0.25) is 0 Å². The lowest BCUT2D eigenvalue weighted by Crippen LogP contribution is -2.03. The van der Waals surface area contributed by atoms with Crippen LogP contribution in [0.3, 0.4) is 0 Å². The van der Waals surface area contributed by atoms with Crippen molar-refractivity contribution in [3.8, 4) is 0 Å². The molecule has 1 atom stereocenters. The zero-order chi connectivity index (χ0) is 9.40. The molecule has 0 radical (unpaired) electrons. The van der Waals surface area contributed by atoms with Gasteiger partial charge in [0.15, 0.2) is 0 Å². The van der Waals surface area contributed by atoms with E-state index in [1.807, 2.05) is 17.8 Å². The highest BCUT2D eigenvalue weighted by atomic mass is 79.9. The molecule has 0 bridgehead atoms. The first-order valence-electron chi connectivity index (χ1n) is 4.49. The smallest absolute Gasteiger partial charge is 0.00629 e. The topological polar surface area (TPSA) is 0 Å². The molecule has 0 aromatic carbocycles. The van der Waals surface area contributed by atoms with Crippen molar-refractivity contribution in [1.29, 1.82) is 0 Å². The van der Waals surface area contributed by atoms with E-state index < -0.39 is 0 Å². The maximum Gasteiger partial charge on any atom is 0.00629 e. The van der Waals surface area contributed by atoms with Gasteiger partial charge in [0.1, 0.15) is 0 Å². The predicted molar refractivity (Wildman–Crippen MR) is 64.3 cm³/mol. The Balaban J connectivity index is 3.37. The molecule has 0 saturated heterocycles. The van der Waals surface area contributed by atoms with E-state index in [4.69, 9.17) is 0 Å². The lowest BCUT2D eigenvalue weighted by molar-refractivity contribution is 0.591. The molecule has 0 fully saturated rings. The zero-order valence-corrected chi connectivity index (χ0v) is 10.5. The molecule has 0 spiro atoms. The minimum atomic E-state index is 0.768. The minimum Gasteiger partial charge on any atom is -0.159 e. The predicted octanol–water partition coefficient (Wildman–Crippen LogP) is 4.11. The van der Waals surface area contributed by atoms with Gasteiger partial charge < -0.3 is 0 Å². The summed E-state index contributed by atoms with van der Waals surface area (Å²) in [5.41, 5.74) is 0. The first-order chi connectivity index (χ1) is 5.70. The fourth-order valence-corrected chi connectivity index (χ4v) is 2.49. The Morgan fingerprint density at radius 2 is 2.17 bits per heavy atom. The Kier molecular flexibility index (Phi) is 8.57. The average Bonchev–Trinajstić information content (AvgIpc) is 2.02. The third kappa shape index (κ3) is 7.23. The van der Waals surface area contributed by atoms with Crippen molar-refractivity contribution in [3.63, 3.8) is 0 Å². The fourth-order valence-electron chi connectivity index (χ4n) is 0.964. The van der Waals surface area contributed by atoms with Crippen LogP contribution in [0, 0.1) is 5.92 Å². The first kappa shape index (κ1) is 12.6. The van der Waals surface area contributed by atoms with E-state index in [1.54, 1.807) is 0 Å². The number of rotatable bonds is 7. The van der Waals surface area contributed by atoms with E-state index in [-0.39, 0.29) is 0 Å². The third-order valence-corrected chi connectivity index (χ3v) is 3.75. The van der Waals surface area contributed by atoms with Crippen molar-refractivity contribution in [2.24, 2.45) is 5.92 Å². The van der Waals surface area contributed by atoms with Crippen molar-refractivity contribution in [2.45, 2.75) is 31.9 Å². The molecule has 12 heavy (non-hydrogen) atoms. The number of allylic oxidation sites excluding steroid dienone is 1. The van der Waals surface area contributed by atoms with Crippen LogP contribution in [-0.4, -0.2) is 16.3 Å². The summed E-state index contributed by atoms with van der Waals surface area (Å²) < 4.78 is 0. The largest absolute Gasteiger partial charge is 0.159 e. The fraction of sp³-hybridized carbons (Fsp3) is 0.800. The Hall–Kier alpha value is 0.570. The van der Waals surface area contributed by atoms with Gasteiger partial charge in [0.05, 0.1) is 0 Å². The highest BCUT2D eigenvalue weighted by Crippen LogP contribution is 2.18. The minimum absolute atomic E-state index is 0.768. The van der Waals surface area contributed by atoms with Gasteiger partial charge in [-0.25, -0.2) is 0 Å². The van der Waals surface area contributed by atoms with E-state index >= 15 is 0 Å². The van der Waals surface area contributed by atoms with Gasteiger partial charge in [0, 0.05) is 5.33 Å². The van der Waals surface area contributed by atoms with Crippen LogP contribution in [0.4, 0.5) is 0 Å². The van der Waals surface area contributed by atoms with Crippen LogP contribution >= 0.6 is 27.7 Å². The van der Waals surface area contributed by atoms with Crippen LogP contribution < -0.4 is 0 Å². The Morgan fingerprint density at radius 1 is 1.50 bits per heavy atom. The summed E-state index contributed by atoms with van der Waals surface area (Å²) >= 11 is 5.57. The van der Waals surface area contributed by atoms with E-state index in [9.17, 15) is 0 Å². The van der Waals surface area contributed by atoms with Crippen LogP contribution in [0.5, 0.6) is 0 Å². The molecule has 1 unspecified atom stereocenters. The van der Waals surface area contributed by atoms with E-state index in [2.05, 4.69) is 36.4 Å². The van der Waals surface area contributed by atoms with Gasteiger partial charge in [0.25, 0.3) is 0 Å². The normalized spacial score (nSPS) is 13.3. The molecule has 0 aliphatic heterocycles. The Labute approximate surface area is 89.3 Å². The summed E-state index contributed by atoms with van der Waals surface area (Å²) in [4.78, 5) is 0. The monoisotopic (exact) mass is 250 g/mol. The summed E-state index contributed by atoms with van der Waals surface area (Å²) in [6.45, 7) is 8.27. The Morgan fingerprint density at radius 3 is 2.58 bits per heavy atom. The van der Waals surface area contributed by atoms with Crippen molar-refractivity contribution < 1.29 is 0 Å². The average molecular weight is 251 g/mol. The molecular formula is C10H19BrS. The standard InChI is InChI=1S/C10H19BrS/c1-4-5-10(8-11)6-7-12-9(2)3/h4,9-10H,1,5-8H2,2-3H3. The summed E-state index contributed by atoms with van der Waals surface area (Å²) in [7, 11) is 0. The van der Waals surface area contributed by atoms with E-state index in [1.165, 1.54) is 12.2 Å². The van der Waals surface area contributed by atoms with E-state index in [0.29, 0.717) is 0 Å². The van der Waals surface area contributed by atoms with Gasteiger partial charge >= 0.3 is 0 Å². The number of hydrogen-bond donors (Lipinski definition) is 0. The maximum atomic E-state index is 3.76. The van der Waals surface area contributed by atoms with Crippen molar-refractivity contribution in [1.82, 2.24) is 0 Å². The van der Waals surface area contributed by atoms with Gasteiger partial charge in [-0.2, -0.15) is 11.8 Å². The van der Waals surface area contributed by atoms with Crippen LogP contribution in [-0.2, 0) is 0 Å². The van der Waals surface area contributed by atoms with Crippen LogP contribution in [0.1, 0.15) is 26.7 Å². The molecule has 0 rings (SSSR count). The van der Waals surface area contributed by atoms with Gasteiger partial charge in [-0.05, 0) is 29.8 Å². The van der Waals surface area contributed by atoms with Crippen molar-refractivity contribution in [2.75, 3.05) is 11.1 Å². The third-order valence-electron chi connectivity index (χ3n) is 1.70. The second-order valence-electron chi connectivity index (χ2n) is 3.25. The van der Waals surface area contributed by atoms with Crippen LogP contribution in [0.15, 0.2) is 12.7 Å². The number of halogens is 1. The molecule has 0 aliphatic carbocycles. The van der Waals surface area contributed by atoms with Crippen molar-refractivity contribution >= 4 is 27.7 Å².